The predicted molar refractivity (Wildman–Crippen MR) is 75.1 cm³/mol. The van der Waals surface area contributed by atoms with Crippen molar-refractivity contribution in [1.82, 2.24) is 9.97 Å². The molecule has 21 heavy (non-hydrogen) atoms. The van der Waals surface area contributed by atoms with E-state index in [0.717, 1.165) is 5.69 Å². The van der Waals surface area contributed by atoms with Gasteiger partial charge in [0.05, 0.1) is 12.7 Å². The summed E-state index contributed by atoms with van der Waals surface area (Å²) in [7, 11) is 0. The first-order valence-corrected chi connectivity index (χ1v) is 6.36. The first-order chi connectivity index (χ1) is 10.2. The van der Waals surface area contributed by atoms with Gasteiger partial charge in [0.15, 0.2) is 0 Å². The summed E-state index contributed by atoms with van der Waals surface area (Å²) in [5, 5.41) is 2.71. The number of cyclic esters (lactones) is 1. The summed E-state index contributed by atoms with van der Waals surface area (Å²) in [6.45, 7) is 0.925. The molecule has 0 saturated carbocycles. The number of aromatic nitrogens is 2. The zero-order valence-corrected chi connectivity index (χ0v) is 11.0. The average Bonchev–Trinajstić information content (AvgIpc) is 2.95. The molecule has 106 valence electrons. The highest BCUT2D eigenvalue weighted by atomic mass is 16.6. The van der Waals surface area contributed by atoms with Gasteiger partial charge in [-0.05, 0) is 24.3 Å². The van der Waals surface area contributed by atoms with E-state index in [2.05, 4.69) is 15.3 Å². The van der Waals surface area contributed by atoms with Gasteiger partial charge in [-0.1, -0.05) is 0 Å². The third-order valence-corrected chi connectivity index (χ3v) is 2.99. The van der Waals surface area contributed by atoms with Crippen molar-refractivity contribution in [2.24, 2.45) is 0 Å². The normalized spacial score (nSPS) is 13.9. The minimum atomic E-state index is -0.355. The fraction of sp³-hybridized carbons (Fsp3) is 0.143. The fourth-order valence-electron chi connectivity index (χ4n) is 1.96. The Kier molecular flexibility index (Phi) is 3.46. The van der Waals surface area contributed by atoms with Crippen LogP contribution in [0.5, 0.6) is 0 Å². The molecule has 7 heteroatoms. The smallest absolute Gasteiger partial charge is 0.414 e. The van der Waals surface area contributed by atoms with Crippen LogP contribution in [0.15, 0.2) is 42.9 Å². The number of anilines is 2. The minimum absolute atomic E-state index is 0.240. The largest absolute Gasteiger partial charge is 0.447 e. The van der Waals surface area contributed by atoms with Crippen LogP contribution >= 0.6 is 0 Å². The SMILES string of the molecule is O=C(Nc1ccc(N2CCOC2=O)cc1)c1cnccn1. The number of amides is 2. The summed E-state index contributed by atoms with van der Waals surface area (Å²) in [5.41, 5.74) is 1.58. The molecule has 1 N–H and O–H groups in total. The van der Waals surface area contributed by atoms with E-state index in [4.69, 9.17) is 4.74 Å². The molecule has 0 bridgehead atoms. The van der Waals surface area contributed by atoms with Crippen molar-refractivity contribution in [1.29, 1.82) is 0 Å². The summed E-state index contributed by atoms with van der Waals surface area (Å²) in [6, 6.07) is 6.93. The molecule has 0 atom stereocenters. The molecule has 2 heterocycles. The van der Waals surface area contributed by atoms with Crippen LogP contribution in [-0.2, 0) is 4.74 Å². The first-order valence-electron chi connectivity index (χ1n) is 6.36. The van der Waals surface area contributed by atoms with Crippen molar-refractivity contribution in [3.05, 3.63) is 48.5 Å². The number of benzene rings is 1. The van der Waals surface area contributed by atoms with Gasteiger partial charge in [-0.15, -0.1) is 0 Å². The van der Waals surface area contributed by atoms with Gasteiger partial charge >= 0.3 is 6.09 Å². The first kappa shape index (κ1) is 13.0. The van der Waals surface area contributed by atoms with E-state index in [1.54, 1.807) is 24.3 Å². The predicted octanol–water partition coefficient (Wildman–Crippen LogP) is 1.69. The van der Waals surface area contributed by atoms with E-state index in [1.807, 2.05) is 0 Å². The highest BCUT2D eigenvalue weighted by Gasteiger charge is 2.23. The van der Waals surface area contributed by atoms with E-state index >= 15 is 0 Å². The Balaban J connectivity index is 1.70. The average molecular weight is 284 g/mol. The topological polar surface area (TPSA) is 84.4 Å². The Hall–Kier alpha value is -2.96. The maximum absolute atomic E-state index is 11.9. The zero-order valence-electron chi connectivity index (χ0n) is 11.0. The molecule has 1 saturated heterocycles. The van der Waals surface area contributed by atoms with Crippen molar-refractivity contribution in [3.8, 4) is 0 Å². The number of ether oxygens (including phenoxy) is 1. The van der Waals surface area contributed by atoms with Crippen molar-refractivity contribution < 1.29 is 14.3 Å². The monoisotopic (exact) mass is 284 g/mol. The van der Waals surface area contributed by atoms with Crippen molar-refractivity contribution in [2.75, 3.05) is 23.4 Å². The molecule has 1 aromatic heterocycles. The lowest BCUT2D eigenvalue weighted by molar-refractivity contribution is 0.102. The molecule has 0 spiro atoms. The summed E-state index contributed by atoms with van der Waals surface area (Å²) >= 11 is 0. The Bertz CT molecular complexity index is 658. The molecule has 1 aliphatic heterocycles. The van der Waals surface area contributed by atoms with Gasteiger partial charge in [0.1, 0.15) is 12.3 Å². The van der Waals surface area contributed by atoms with Gasteiger partial charge in [-0.25, -0.2) is 9.78 Å². The second-order valence-corrected chi connectivity index (χ2v) is 4.36. The van der Waals surface area contributed by atoms with Gasteiger partial charge in [0.2, 0.25) is 0 Å². The third kappa shape index (κ3) is 2.81. The highest BCUT2D eigenvalue weighted by Crippen LogP contribution is 2.21. The molecule has 3 rings (SSSR count). The van der Waals surface area contributed by atoms with Gasteiger partial charge in [-0.3, -0.25) is 14.7 Å². The van der Waals surface area contributed by atoms with Crippen LogP contribution in [0.25, 0.3) is 0 Å². The number of rotatable bonds is 3. The molecule has 0 radical (unpaired) electrons. The molecule has 2 aromatic rings. The molecule has 0 aliphatic carbocycles. The number of nitrogens with zero attached hydrogens (tertiary/aromatic N) is 3. The van der Waals surface area contributed by atoms with E-state index < -0.39 is 0 Å². The number of carbonyl (C=O) groups excluding carboxylic acids is 2. The molecule has 1 aliphatic rings. The van der Waals surface area contributed by atoms with Crippen LogP contribution in [0.3, 0.4) is 0 Å². The summed E-state index contributed by atoms with van der Waals surface area (Å²) in [6.07, 6.45) is 3.99. The maximum Gasteiger partial charge on any atom is 0.414 e. The molecular weight excluding hydrogens is 272 g/mol. The second kappa shape index (κ2) is 5.58. The Morgan fingerprint density at radius 1 is 1.24 bits per heavy atom. The summed E-state index contributed by atoms with van der Waals surface area (Å²) in [4.78, 5) is 32.6. The second-order valence-electron chi connectivity index (χ2n) is 4.36. The molecule has 0 unspecified atom stereocenters. The molecule has 1 fully saturated rings. The lowest BCUT2D eigenvalue weighted by Crippen LogP contribution is -2.23. The Morgan fingerprint density at radius 3 is 2.67 bits per heavy atom. The van der Waals surface area contributed by atoms with Gasteiger partial charge < -0.3 is 10.1 Å². The van der Waals surface area contributed by atoms with Gasteiger partial charge in [0.25, 0.3) is 5.91 Å². The maximum atomic E-state index is 11.9. The van der Waals surface area contributed by atoms with E-state index in [1.165, 1.54) is 23.5 Å². The Labute approximate surface area is 120 Å². The molecule has 2 amide bonds. The highest BCUT2D eigenvalue weighted by molar-refractivity contribution is 6.02. The molecule has 7 nitrogen and oxygen atoms in total. The minimum Gasteiger partial charge on any atom is -0.447 e. The van der Waals surface area contributed by atoms with Crippen LogP contribution in [0.4, 0.5) is 16.2 Å². The summed E-state index contributed by atoms with van der Waals surface area (Å²) in [5.74, 6) is -0.337. The number of hydrogen-bond donors (Lipinski definition) is 1. The van der Waals surface area contributed by atoms with Gasteiger partial charge in [-0.2, -0.15) is 0 Å². The van der Waals surface area contributed by atoms with Crippen LogP contribution in [0.2, 0.25) is 0 Å². The van der Waals surface area contributed by atoms with Crippen molar-refractivity contribution in [2.45, 2.75) is 0 Å². The summed E-state index contributed by atoms with van der Waals surface area (Å²) < 4.78 is 4.87. The van der Waals surface area contributed by atoms with Crippen molar-refractivity contribution in [3.63, 3.8) is 0 Å². The standard InChI is InChI=1S/C14H12N4O3/c19-13(12-9-15-5-6-16-12)17-10-1-3-11(4-2-10)18-7-8-21-14(18)20/h1-6,9H,7-8H2,(H,17,19). The van der Waals surface area contributed by atoms with Crippen LogP contribution in [-0.4, -0.2) is 35.1 Å². The van der Waals surface area contributed by atoms with Crippen molar-refractivity contribution >= 4 is 23.4 Å². The lowest BCUT2D eigenvalue weighted by Gasteiger charge is -2.13. The quantitative estimate of drug-likeness (QED) is 0.927. The fourth-order valence-corrected chi connectivity index (χ4v) is 1.96. The van der Waals surface area contributed by atoms with E-state index in [0.29, 0.717) is 18.8 Å². The molecular formula is C14H12N4O3. The lowest BCUT2D eigenvalue weighted by atomic mass is 10.2. The zero-order chi connectivity index (χ0) is 14.7. The van der Waals surface area contributed by atoms with Gasteiger partial charge in [0, 0.05) is 23.8 Å². The molecule has 1 aromatic carbocycles. The van der Waals surface area contributed by atoms with Crippen LogP contribution in [0.1, 0.15) is 10.5 Å². The number of carbonyl (C=O) groups is 2. The van der Waals surface area contributed by atoms with E-state index in [9.17, 15) is 9.59 Å². The third-order valence-electron chi connectivity index (χ3n) is 2.99. The number of nitrogens with one attached hydrogen (secondary N) is 1. The number of hydrogen-bond acceptors (Lipinski definition) is 5. The Morgan fingerprint density at radius 2 is 2.05 bits per heavy atom. The van der Waals surface area contributed by atoms with Crippen LogP contribution in [0, 0.1) is 0 Å². The van der Waals surface area contributed by atoms with E-state index in [-0.39, 0.29) is 17.7 Å². The van der Waals surface area contributed by atoms with Crippen LogP contribution < -0.4 is 10.2 Å².